The third kappa shape index (κ3) is 2.87. The van der Waals surface area contributed by atoms with Crippen molar-refractivity contribution >= 4 is 0 Å². The quantitative estimate of drug-likeness (QED) is 0.775. The topological polar surface area (TPSA) is 9.23 Å². The van der Waals surface area contributed by atoms with Gasteiger partial charge in [0.15, 0.2) is 0 Å². The highest BCUT2D eigenvalue weighted by Crippen LogP contribution is 2.32. The zero-order valence-electron chi connectivity index (χ0n) is 12.4. The lowest BCUT2D eigenvalue weighted by molar-refractivity contribution is 0.274. The lowest BCUT2D eigenvalue weighted by Crippen LogP contribution is -2.16. The maximum Gasteiger partial charge on any atom is 0.119 e. The fraction of sp³-hybridized carbons (Fsp3) is 0.368. The van der Waals surface area contributed by atoms with Crippen molar-refractivity contribution < 1.29 is 4.74 Å². The van der Waals surface area contributed by atoms with Gasteiger partial charge in [-0.05, 0) is 67.5 Å². The molecule has 0 saturated heterocycles. The third-order valence-electron chi connectivity index (χ3n) is 4.14. The van der Waals surface area contributed by atoms with E-state index in [2.05, 4.69) is 56.3 Å². The van der Waals surface area contributed by atoms with Gasteiger partial charge >= 0.3 is 0 Å². The van der Waals surface area contributed by atoms with Gasteiger partial charge in [-0.2, -0.15) is 0 Å². The fourth-order valence-electron chi connectivity index (χ4n) is 3.24. The van der Waals surface area contributed by atoms with Crippen LogP contribution in [-0.4, -0.2) is 6.61 Å². The van der Waals surface area contributed by atoms with Crippen molar-refractivity contribution in [2.75, 3.05) is 6.61 Å². The largest absolute Gasteiger partial charge is 0.493 e. The molecule has 0 aliphatic heterocycles. The molecule has 0 radical (unpaired) electrons. The van der Waals surface area contributed by atoms with Gasteiger partial charge < -0.3 is 4.74 Å². The summed E-state index contributed by atoms with van der Waals surface area (Å²) in [5.74, 6) is 1.55. The van der Waals surface area contributed by atoms with E-state index < -0.39 is 0 Å². The molecule has 0 aromatic heterocycles. The predicted molar refractivity (Wildman–Crippen MR) is 83.5 cm³/mol. The van der Waals surface area contributed by atoms with Crippen LogP contribution in [0.2, 0.25) is 0 Å². The van der Waals surface area contributed by atoms with Crippen molar-refractivity contribution in [3.8, 4) is 5.75 Å². The van der Waals surface area contributed by atoms with Crippen LogP contribution in [0.15, 0.2) is 42.5 Å². The molecular formula is C19H22O. The highest BCUT2D eigenvalue weighted by atomic mass is 16.5. The molecule has 104 valence electrons. The lowest BCUT2D eigenvalue weighted by Gasteiger charge is -2.25. The summed E-state index contributed by atoms with van der Waals surface area (Å²) in [5.41, 5.74) is 5.53. The van der Waals surface area contributed by atoms with E-state index in [9.17, 15) is 0 Å². The highest BCUT2D eigenvalue weighted by molar-refractivity contribution is 5.35. The molecule has 1 heteroatoms. The number of rotatable bonds is 3. The molecule has 1 nitrogen and oxygen atoms in total. The normalized spacial score (nSPS) is 17.6. The number of ether oxygens (including phenoxy) is 1. The molecule has 0 spiro atoms. The molecule has 0 fully saturated rings. The zero-order valence-corrected chi connectivity index (χ0v) is 12.4. The van der Waals surface area contributed by atoms with Gasteiger partial charge in [-0.3, -0.25) is 0 Å². The summed E-state index contributed by atoms with van der Waals surface area (Å²) >= 11 is 0. The van der Waals surface area contributed by atoms with Crippen LogP contribution < -0.4 is 4.74 Å². The summed E-state index contributed by atoms with van der Waals surface area (Å²) in [4.78, 5) is 0. The first-order valence-electron chi connectivity index (χ1n) is 7.51. The summed E-state index contributed by atoms with van der Waals surface area (Å²) in [5, 5.41) is 0. The maximum atomic E-state index is 6.06. The molecule has 0 amide bonds. The summed E-state index contributed by atoms with van der Waals surface area (Å²) in [7, 11) is 0. The van der Waals surface area contributed by atoms with Crippen molar-refractivity contribution in [1.82, 2.24) is 0 Å². The molecule has 2 aromatic carbocycles. The number of aryl methyl sites for hydroxylation is 3. The van der Waals surface area contributed by atoms with Crippen LogP contribution in [-0.2, 0) is 6.42 Å². The predicted octanol–water partition coefficient (Wildman–Crippen LogP) is 4.80. The van der Waals surface area contributed by atoms with Gasteiger partial charge in [0, 0.05) is 5.92 Å². The smallest absolute Gasteiger partial charge is 0.119 e. The molecule has 0 N–H and O–H groups in total. The van der Waals surface area contributed by atoms with Crippen molar-refractivity contribution in [2.24, 2.45) is 0 Å². The standard InChI is InChI=1S/C19H22O/c1-14-10-15(2)12-18(11-14)20-13-17-8-5-7-16-6-3-4-9-19(16)17/h3-4,6,9-12,17H,5,7-8,13H2,1-2H3. The highest BCUT2D eigenvalue weighted by Gasteiger charge is 2.20. The number of hydrogen-bond acceptors (Lipinski definition) is 1. The lowest BCUT2D eigenvalue weighted by atomic mass is 9.83. The van der Waals surface area contributed by atoms with Crippen molar-refractivity contribution in [1.29, 1.82) is 0 Å². The molecule has 1 aliphatic carbocycles. The second-order valence-corrected chi connectivity index (χ2v) is 5.92. The summed E-state index contributed by atoms with van der Waals surface area (Å²) in [6, 6.07) is 15.3. The Morgan fingerprint density at radius 1 is 1.05 bits per heavy atom. The van der Waals surface area contributed by atoms with Crippen LogP contribution in [0.5, 0.6) is 5.75 Å². The molecule has 1 aliphatic rings. The van der Waals surface area contributed by atoms with E-state index in [0.29, 0.717) is 5.92 Å². The Morgan fingerprint density at radius 2 is 1.80 bits per heavy atom. The van der Waals surface area contributed by atoms with Crippen molar-refractivity contribution in [2.45, 2.75) is 39.0 Å². The molecule has 3 rings (SSSR count). The first-order chi connectivity index (χ1) is 9.72. The van der Waals surface area contributed by atoms with Crippen LogP contribution in [0.4, 0.5) is 0 Å². The summed E-state index contributed by atoms with van der Waals surface area (Å²) in [6.45, 7) is 5.03. The Morgan fingerprint density at radius 3 is 2.60 bits per heavy atom. The monoisotopic (exact) mass is 266 g/mol. The van der Waals surface area contributed by atoms with Crippen molar-refractivity contribution in [3.05, 3.63) is 64.7 Å². The number of hydrogen-bond donors (Lipinski definition) is 0. The molecule has 1 atom stereocenters. The van der Waals surface area contributed by atoms with Gasteiger partial charge in [-0.15, -0.1) is 0 Å². The van der Waals surface area contributed by atoms with Crippen LogP contribution in [0.3, 0.4) is 0 Å². The first kappa shape index (κ1) is 13.2. The van der Waals surface area contributed by atoms with Gasteiger partial charge in [-0.1, -0.05) is 30.3 Å². The van der Waals surface area contributed by atoms with E-state index in [1.54, 1.807) is 0 Å². The van der Waals surface area contributed by atoms with Crippen LogP contribution in [0.1, 0.15) is 41.0 Å². The van der Waals surface area contributed by atoms with Crippen molar-refractivity contribution in [3.63, 3.8) is 0 Å². The van der Waals surface area contributed by atoms with Gasteiger partial charge in [0.1, 0.15) is 5.75 Å². The Hall–Kier alpha value is -1.76. The zero-order chi connectivity index (χ0) is 13.9. The van der Waals surface area contributed by atoms with Crippen LogP contribution in [0, 0.1) is 13.8 Å². The first-order valence-corrected chi connectivity index (χ1v) is 7.51. The van der Waals surface area contributed by atoms with E-state index in [0.717, 1.165) is 12.4 Å². The Kier molecular flexibility index (Phi) is 3.77. The average Bonchev–Trinajstić information content (AvgIpc) is 2.44. The van der Waals surface area contributed by atoms with E-state index in [1.165, 1.54) is 41.5 Å². The Bertz CT molecular complexity index is 580. The SMILES string of the molecule is Cc1cc(C)cc(OCC2CCCc3ccccc32)c1. The van der Waals surface area contributed by atoms with E-state index in [1.807, 2.05) is 0 Å². The van der Waals surface area contributed by atoms with E-state index in [4.69, 9.17) is 4.74 Å². The number of fused-ring (bicyclic) bond motifs is 1. The summed E-state index contributed by atoms with van der Waals surface area (Å²) < 4.78 is 6.06. The average molecular weight is 266 g/mol. The van der Waals surface area contributed by atoms with Crippen LogP contribution >= 0.6 is 0 Å². The summed E-state index contributed by atoms with van der Waals surface area (Å²) in [6.07, 6.45) is 3.73. The van der Waals surface area contributed by atoms with Gasteiger partial charge in [0.05, 0.1) is 6.61 Å². The molecule has 2 aromatic rings. The second-order valence-electron chi connectivity index (χ2n) is 5.92. The molecule has 0 bridgehead atoms. The van der Waals surface area contributed by atoms with Gasteiger partial charge in [0.25, 0.3) is 0 Å². The van der Waals surface area contributed by atoms with Crippen LogP contribution in [0.25, 0.3) is 0 Å². The van der Waals surface area contributed by atoms with Gasteiger partial charge in [-0.25, -0.2) is 0 Å². The molecule has 1 unspecified atom stereocenters. The van der Waals surface area contributed by atoms with Gasteiger partial charge in [0.2, 0.25) is 0 Å². The molecule has 0 saturated carbocycles. The minimum Gasteiger partial charge on any atom is -0.493 e. The Balaban J connectivity index is 1.73. The number of benzene rings is 2. The molecular weight excluding hydrogens is 244 g/mol. The fourth-order valence-corrected chi connectivity index (χ4v) is 3.24. The van der Waals surface area contributed by atoms with E-state index >= 15 is 0 Å². The Labute approximate surface area is 121 Å². The maximum absolute atomic E-state index is 6.06. The second kappa shape index (κ2) is 5.70. The minimum absolute atomic E-state index is 0.542. The minimum atomic E-state index is 0.542. The van der Waals surface area contributed by atoms with E-state index in [-0.39, 0.29) is 0 Å². The third-order valence-corrected chi connectivity index (χ3v) is 4.14. The molecule has 20 heavy (non-hydrogen) atoms. The molecule has 0 heterocycles.